The summed E-state index contributed by atoms with van der Waals surface area (Å²) in [5, 5.41) is 15.3. The highest BCUT2D eigenvalue weighted by Gasteiger charge is 2.32. The normalized spacial score (nSPS) is 18.6. The second kappa shape index (κ2) is 8.82. The largest absolute Gasteiger partial charge is 0.350 e. The zero-order chi connectivity index (χ0) is 20.9. The predicted octanol–water partition coefficient (Wildman–Crippen LogP) is 2.34. The van der Waals surface area contributed by atoms with Crippen molar-refractivity contribution in [2.45, 2.75) is 38.3 Å². The number of imidazole rings is 1. The van der Waals surface area contributed by atoms with Gasteiger partial charge in [-0.3, -0.25) is 9.59 Å². The number of hydrogen-bond donors (Lipinski definition) is 3. The summed E-state index contributed by atoms with van der Waals surface area (Å²) >= 11 is 0. The summed E-state index contributed by atoms with van der Waals surface area (Å²) in [6.07, 6.45) is 8.77. The monoisotopic (exact) mass is 404 g/mol. The van der Waals surface area contributed by atoms with Gasteiger partial charge in [0.1, 0.15) is 12.2 Å². The molecule has 0 saturated heterocycles. The van der Waals surface area contributed by atoms with Crippen LogP contribution in [0.15, 0.2) is 43.0 Å². The first-order chi connectivity index (χ1) is 14.7. The van der Waals surface area contributed by atoms with Crippen molar-refractivity contribution in [3.8, 4) is 6.07 Å². The van der Waals surface area contributed by atoms with Crippen molar-refractivity contribution >= 4 is 22.7 Å². The number of benzene rings is 1. The highest BCUT2D eigenvalue weighted by atomic mass is 16.2. The van der Waals surface area contributed by atoms with Gasteiger partial charge in [-0.25, -0.2) is 4.98 Å². The maximum absolute atomic E-state index is 13.0. The molecule has 30 heavy (non-hydrogen) atoms. The fraction of sp³-hybridized carbons (Fsp3) is 0.364. The van der Waals surface area contributed by atoms with Crippen molar-refractivity contribution in [2.75, 3.05) is 6.54 Å². The molecule has 3 aromatic rings. The van der Waals surface area contributed by atoms with Crippen molar-refractivity contribution in [3.05, 3.63) is 54.2 Å². The first-order valence-electron chi connectivity index (χ1n) is 10.2. The Hall–Kier alpha value is -3.60. The number of carbonyl (C=O) groups excluding carboxylic acids is 2. The van der Waals surface area contributed by atoms with Crippen molar-refractivity contribution in [2.24, 2.45) is 5.92 Å². The third-order valence-electron chi connectivity index (χ3n) is 5.66. The fourth-order valence-electron chi connectivity index (χ4n) is 4.17. The van der Waals surface area contributed by atoms with Gasteiger partial charge in [-0.15, -0.1) is 0 Å². The zero-order valence-electron chi connectivity index (χ0n) is 16.6. The van der Waals surface area contributed by atoms with Gasteiger partial charge in [-0.2, -0.15) is 5.26 Å². The van der Waals surface area contributed by atoms with Gasteiger partial charge < -0.3 is 20.2 Å². The van der Waals surface area contributed by atoms with E-state index in [-0.39, 0.29) is 30.3 Å². The lowest BCUT2D eigenvalue weighted by Crippen LogP contribution is -2.48. The summed E-state index contributed by atoms with van der Waals surface area (Å²) in [6.45, 7) is 0.639. The number of amides is 2. The van der Waals surface area contributed by atoms with E-state index in [1.165, 1.54) is 0 Å². The molecule has 2 amide bonds. The van der Waals surface area contributed by atoms with E-state index in [1.54, 1.807) is 12.5 Å². The number of hydrogen-bond acceptors (Lipinski definition) is 4. The van der Waals surface area contributed by atoms with Gasteiger partial charge in [0, 0.05) is 23.8 Å². The highest BCUT2D eigenvalue weighted by Crippen LogP contribution is 2.26. The van der Waals surface area contributed by atoms with Crippen LogP contribution >= 0.6 is 0 Å². The Morgan fingerprint density at radius 1 is 1.30 bits per heavy atom. The predicted molar refractivity (Wildman–Crippen MR) is 111 cm³/mol. The first-order valence-corrected chi connectivity index (χ1v) is 10.2. The third-order valence-corrected chi connectivity index (χ3v) is 5.66. The smallest absolute Gasteiger partial charge is 0.267 e. The number of carbonyl (C=O) groups is 2. The lowest BCUT2D eigenvalue weighted by Gasteiger charge is -2.30. The number of nitrogens with one attached hydrogen (secondary N) is 3. The number of nitrogens with zero attached hydrogens (tertiary/aromatic N) is 3. The molecule has 8 nitrogen and oxygen atoms in total. The van der Waals surface area contributed by atoms with E-state index in [9.17, 15) is 9.59 Å². The van der Waals surface area contributed by atoms with Gasteiger partial charge in [-0.05, 0) is 24.5 Å². The molecule has 2 atom stereocenters. The number of fused-ring (bicyclic) bond motifs is 1. The number of aromatic amines is 1. The molecular weight excluding hydrogens is 380 g/mol. The van der Waals surface area contributed by atoms with E-state index in [0.29, 0.717) is 18.7 Å². The minimum atomic E-state index is -0.308. The van der Waals surface area contributed by atoms with Crippen LogP contribution in [0.25, 0.3) is 10.9 Å². The Labute approximate surface area is 174 Å². The Bertz CT molecular complexity index is 1080. The van der Waals surface area contributed by atoms with E-state index >= 15 is 0 Å². The molecule has 2 aromatic heterocycles. The van der Waals surface area contributed by atoms with Crippen molar-refractivity contribution < 1.29 is 9.59 Å². The Balaban J connectivity index is 1.51. The van der Waals surface area contributed by atoms with E-state index in [0.717, 1.165) is 35.7 Å². The van der Waals surface area contributed by atoms with Crippen molar-refractivity contribution in [1.82, 2.24) is 25.2 Å². The molecule has 0 radical (unpaired) electrons. The summed E-state index contributed by atoms with van der Waals surface area (Å²) in [6, 6.07) is 9.50. The molecule has 0 unspecified atom stereocenters. The fourth-order valence-corrected chi connectivity index (χ4v) is 4.17. The van der Waals surface area contributed by atoms with Gasteiger partial charge in [0.05, 0.1) is 30.4 Å². The molecule has 1 saturated carbocycles. The first kappa shape index (κ1) is 19.7. The van der Waals surface area contributed by atoms with Crippen LogP contribution in [0, 0.1) is 17.2 Å². The molecule has 8 heteroatoms. The zero-order valence-corrected chi connectivity index (χ0v) is 16.6. The number of rotatable bonds is 6. The molecule has 0 bridgehead atoms. The Morgan fingerprint density at radius 3 is 2.97 bits per heavy atom. The number of aromatic nitrogens is 3. The number of para-hydroxylation sites is 1. The third kappa shape index (κ3) is 4.20. The van der Waals surface area contributed by atoms with Gasteiger partial charge >= 0.3 is 0 Å². The Morgan fingerprint density at radius 2 is 2.17 bits per heavy atom. The molecule has 154 valence electrons. The van der Waals surface area contributed by atoms with Gasteiger partial charge in [-0.1, -0.05) is 31.0 Å². The summed E-state index contributed by atoms with van der Waals surface area (Å²) in [4.78, 5) is 32.7. The number of nitriles is 1. The SMILES string of the molecule is N#CCNC(=O)[C@@H]1CCCC[C@@H]1NC(=O)c1cc2cccc(Cn3ccnc3)c2[nH]1. The topological polar surface area (TPSA) is 116 Å². The molecule has 0 spiro atoms. The molecule has 3 N–H and O–H groups in total. The molecule has 2 heterocycles. The average molecular weight is 404 g/mol. The van der Waals surface area contributed by atoms with Gasteiger partial charge in [0.15, 0.2) is 0 Å². The van der Waals surface area contributed by atoms with Crippen molar-refractivity contribution in [1.29, 1.82) is 5.26 Å². The molecule has 1 fully saturated rings. The summed E-state index contributed by atoms with van der Waals surface area (Å²) in [5.74, 6) is -0.692. The van der Waals surface area contributed by atoms with Crippen molar-refractivity contribution in [3.63, 3.8) is 0 Å². The second-order valence-corrected chi connectivity index (χ2v) is 7.65. The quantitative estimate of drug-likeness (QED) is 0.547. The minimum absolute atomic E-state index is 0.0162. The minimum Gasteiger partial charge on any atom is -0.350 e. The van der Waals surface area contributed by atoms with Crippen LogP contribution in [0.1, 0.15) is 41.7 Å². The lowest BCUT2D eigenvalue weighted by molar-refractivity contribution is -0.126. The summed E-state index contributed by atoms with van der Waals surface area (Å²) in [5.41, 5.74) is 2.46. The van der Waals surface area contributed by atoms with E-state index < -0.39 is 0 Å². The van der Waals surface area contributed by atoms with Crippen LogP contribution < -0.4 is 10.6 Å². The highest BCUT2D eigenvalue weighted by molar-refractivity contribution is 5.99. The Kier molecular flexibility index (Phi) is 5.80. The molecule has 1 aliphatic carbocycles. The summed E-state index contributed by atoms with van der Waals surface area (Å²) < 4.78 is 1.97. The van der Waals surface area contributed by atoms with Crippen LogP contribution in [-0.2, 0) is 11.3 Å². The van der Waals surface area contributed by atoms with Crippen LogP contribution in [0.3, 0.4) is 0 Å². The van der Waals surface area contributed by atoms with E-state index in [1.807, 2.05) is 41.1 Å². The molecule has 1 aliphatic rings. The standard InChI is InChI=1S/C22H24N6O2/c23-8-9-25-21(29)17-6-1-2-7-18(17)27-22(30)19-12-15-4-3-5-16(20(15)26-19)13-28-11-10-24-14-28/h3-5,10-12,14,17-18,26H,1-2,6-7,9,13H2,(H,25,29)(H,27,30)/t17-,18+/m1/s1. The van der Waals surface area contributed by atoms with Gasteiger partial charge in [0.2, 0.25) is 5.91 Å². The molecule has 0 aliphatic heterocycles. The maximum atomic E-state index is 13.0. The van der Waals surface area contributed by atoms with Crippen LogP contribution in [0.2, 0.25) is 0 Å². The molecular formula is C22H24N6O2. The average Bonchev–Trinajstić information content (AvgIpc) is 3.42. The van der Waals surface area contributed by atoms with Gasteiger partial charge in [0.25, 0.3) is 5.91 Å². The van der Waals surface area contributed by atoms with E-state index in [2.05, 4.69) is 20.6 Å². The molecule has 4 rings (SSSR count). The summed E-state index contributed by atoms with van der Waals surface area (Å²) in [7, 11) is 0. The van der Waals surface area contributed by atoms with E-state index in [4.69, 9.17) is 5.26 Å². The number of H-pyrrole nitrogens is 1. The second-order valence-electron chi connectivity index (χ2n) is 7.65. The van der Waals surface area contributed by atoms with Crippen LogP contribution in [-0.4, -0.2) is 38.9 Å². The van der Waals surface area contributed by atoms with Crippen LogP contribution in [0.5, 0.6) is 0 Å². The molecule has 1 aromatic carbocycles. The maximum Gasteiger partial charge on any atom is 0.267 e. The van der Waals surface area contributed by atoms with Crippen LogP contribution in [0.4, 0.5) is 0 Å². The lowest BCUT2D eigenvalue weighted by atomic mass is 9.83.